The fourth-order valence-corrected chi connectivity index (χ4v) is 1.05. The van der Waals surface area contributed by atoms with Gasteiger partial charge in [0.15, 0.2) is 5.76 Å². The number of carbonyl (C=O) groups is 2. The Labute approximate surface area is 124 Å². The Balaban J connectivity index is 5.66. The van der Waals surface area contributed by atoms with Crippen LogP contribution in [0.5, 0.6) is 0 Å². The van der Waals surface area contributed by atoms with Gasteiger partial charge in [-0.15, -0.1) is 0 Å². The van der Waals surface area contributed by atoms with Gasteiger partial charge in [-0.3, -0.25) is 4.79 Å². The van der Waals surface area contributed by atoms with Gasteiger partial charge < -0.3 is 15.2 Å². The van der Waals surface area contributed by atoms with Crippen LogP contribution in [-0.4, -0.2) is 42.1 Å². The molecule has 0 saturated heterocycles. The lowest BCUT2D eigenvalue weighted by atomic mass is 10.1. The van der Waals surface area contributed by atoms with E-state index in [4.69, 9.17) is 5.11 Å². The van der Waals surface area contributed by atoms with Gasteiger partial charge in [-0.1, -0.05) is 0 Å². The summed E-state index contributed by atoms with van der Waals surface area (Å²) in [5.74, 6) is -16.5. The molecule has 1 amide bonds. The summed E-state index contributed by atoms with van der Waals surface area (Å²) >= 11 is 0. The number of carbonyl (C=O) groups excluding carboxylic acids is 2. The van der Waals surface area contributed by atoms with Crippen LogP contribution in [0.1, 0.15) is 6.92 Å². The Morgan fingerprint density at radius 1 is 1.13 bits per heavy atom. The summed E-state index contributed by atoms with van der Waals surface area (Å²) in [5, 5.41) is 10.5. The third-order valence-electron chi connectivity index (χ3n) is 2.19. The van der Waals surface area contributed by atoms with Crippen LogP contribution in [0, 0.1) is 0 Å². The number of hydrogen-bond donors (Lipinski definition) is 2. The normalized spacial score (nSPS) is 14.4. The van der Waals surface area contributed by atoms with Crippen LogP contribution in [0.4, 0.5) is 30.7 Å². The molecule has 0 aliphatic heterocycles. The average molecular weight is 353 g/mol. The zero-order chi connectivity index (χ0) is 18.5. The first-order valence-electron chi connectivity index (χ1n) is 5.64. The van der Waals surface area contributed by atoms with E-state index in [-0.39, 0.29) is 25.2 Å². The molecule has 5 nitrogen and oxygen atoms in total. The third kappa shape index (κ3) is 4.60. The molecule has 0 aliphatic carbocycles. The molecule has 0 atom stereocenters. The smallest absolute Gasteiger partial charge is 0.460 e. The number of nitrogens with one attached hydrogen (secondary N) is 1. The van der Waals surface area contributed by atoms with E-state index in [1.165, 1.54) is 6.92 Å². The highest BCUT2D eigenvalue weighted by Gasteiger charge is 2.74. The summed E-state index contributed by atoms with van der Waals surface area (Å²) in [7, 11) is 0. The van der Waals surface area contributed by atoms with E-state index in [2.05, 4.69) is 4.74 Å². The first-order chi connectivity index (χ1) is 10.3. The van der Waals surface area contributed by atoms with Crippen molar-refractivity contribution in [3.63, 3.8) is 0 Å². The predicted octanol–water partition coefficient (Wildman–Crippen LogP) is 2.45. The number of allylic oxidation sites excluding steroid dienone is 3. The minimum absolute atomic E-state index is 0.115. The Hall–Kier alpha value is -2.27. The number of esters is 1. The number of amides is 1. The lowest BCUT2D eigenvalue weighted by Crippen LogP contribution is -2.52. The van der Waals surface area contributed by atoms with Crippen LogP contribution in [-0.2, 0) is 14.3 Å². The quantitative estimate of drug-likeness (QED) is 0.184. The van der Waals surface area contributed by atoms with Crippen LogP contribution in [0.3, 0.4) is 0 Å². The molecule has 2 N–H and O–H groups in total. The number of halogens is 7. The van der Waals surface area contributed by atoms with Gasteiger partial charge in [0.25, 0.3) is 0 Å². The van der Waals surface area contributed by atoms with Crippen molar-refractivity contribution in [1.82, 2.24) is 5.32 Å². The van der Waals surface area contributed by atoms with Gasteiger partial charge in [-0.25, -0.2) is 4.79 Å². The highest BCUT2D eigenvalue weighted by atomic mass is 19.4. The molecule has 23 heavy (non-hydrogen) atoms. The number of rotatable bonds is 7. The molecule has 0 radical (unpaired) electrons. The van der Waals surface area contributed by atoms with Gasteiger partial charge >= 0.3 is 24.0 Å². The van der Waals surface area contributed by atoms with Crippen LogP contribution < -0.4 is 5.32 Å². The topological polar surface area (TPSA) is 75.6 Å². The molecule has 0 aromatic heterocycles. The molecule has 132 valence electrons. The lowest BCUT2D eigenvalue weighted by Gasteiger charge is -2.27. The van der Waals surface area contributed by atoms with Crippen LogP contribution in [0.25, 0.3) is 0 Å². The maximum absolute atomic E-state index is 13.1. The monoisotopic (exact) mass is 353 g/mol. The highest BCUT2D eigenvalue weighted by Crippen LogP contribution is 2.49. The maximum Gasteiger partial charge on any atom is 0.460 e. The van der Waals surface area contributed by atoms with Crippen molar-refractivity contribution in [3.05, 3.63) is 23.6 Å². The summed E-state index contributed by atoms with van der Waals surface area (Å²) < 4.78 is 91.5. The third-order valence-corrected chi connectivity index (χ3v) is 2.19. The number of alkyl halides is 7. The van der Waals surface area contributed by atoms with Crippen molar-refractivity contribution in [2.24, 2.45) is 0 Å². The van der Waals surface area contributed by atoms with Crippen LogP contribution in [0.15, 0.2) is 23.6 Å². The number of aliphatic hydroxyl groups excluding tert-OH is 1. The summed E-state index contributed by atoms with van der Waals surface area (Å²) in [6.45, 7) is 1.12. The number of ether oxygens (including phenoxy) is 1. The van der Waals surface area contributed by atoms with Gasteiger partial charge in [0.05, 0.1) is 6.61 Å². The molecule has 0 unspecified atom stereocenters. The van der Waals surface area contributed by atoms with Crippen molar-refractivity contribution in [3.8, 4) is 0 Å². The number of aliphatic hydroxyl groups is 1. The molecule has 12 heteroatoms. The Morgan fingerprint density at radius 3 is 2.04 bits per heavy atom. The maximum atomic E-state index is 13.1. The van der Waals surface area contributed by atoms with Crippen LogP contribution >= 0.6 is 0 Å². The summed E-state index contributed by atoms with van der Waals surface area (Å²) in [6.07, 6.45) is -6.85. The summed E-state index contributed by atoms with van der Waals surface area (Å²) in [6, 6.07) is 0. The number of hydrogen-bond acceptors (Lipinski definition) is 4. The van der Waals surface area contributed by atoms with Gasteiger partial charge in [0.1, 0.15) is 5.70 Å². The SMILES string of the molecule is CCOC(=O)/C(=C/C=C(\O)C(F)(F)C(F)(F)C(F)(F)F)NC=O. The summed E-state index contributed by atoms with van der Waals surface area (Å²) in [4.78, 5) is 21.4. The average Bonchev–Trinajstić information content (AvgIpc) is 2.41. The second-order valence-corrected chi connectivity index (χ2v) is 3.76. The van der Waals surface area contributed by atoms with Crippen molar-refractivity contribution in [2.75, 3.05) is 6.61 Å². The molecule has 0 heterocycles. The molecule has 0 aromatic carbocycles. The van der Waals surface area contributed by atoms with Crippen molar-refractivity contribution in [1.29, 1.82) is 0 Å². The van der Waals surface area contributed by atoms with E-state index >= 15 is 0 Å². The van der Waals surface area contributed by atoms with Gasteiger partial charge in [0, 0.05) is 0 Å². The van der Waals surface area contributed by atoms with Crippen molar-refractivity contribution >= 4 is 12.4 Å². The minimum atomic E-state index is -6.63. The van der Waals surface area contributed by atoms with E-state index in [0.717, 1.165) is 0 Å². The Bertz CT molecular complexity index is 511. The molecule has 0 fully saturated rings. The van der Waals surface area contributed by atoms with Crippen LogP contribution in [0.2, 0.25) is 0 Å². The molecule has 0 aliphatic rings. The predicted molar refractivity (Wildman–Crippen MR) is 60.6 cm³/mol. The van der Waals surface area contributed by atoms with E-state index in [1.807, 2.05) is 0 Å². The second kappa shape index (κ2) is 7.33. The summed E-state index contributed by atoms with van der Waals surface area (Å²) in [5.41, 5.74) is -0.875. The first kappa shape index (κ1) is 20.7. The molecular formula is C11H10F7NO4. The van der Waals surface area contributed by atoms with Crippen molar-refractivity contribution in [2.45, 2.75) is 24.9 Å². The van der Waals surface area contributed by atoms with Gasteiger partial charge in [-0.05, 0) is 19.1 Å². The zero-order valence-corrected chi connectivity index (χ0v) is 11.3. The molecule has 0 saturated carbocycles. The first-order valence-corrected chi connectivity index (χ1v) is 5.64. The van der Waals surface area contributed by atoms with E-state index in [0.29, 0.717) is 0 Å². The highest BCUT2D eigenvalue weighted by molar-refractivity contribution is 5.90. The lowest BCUT2D eigenvalue weighted by molar-refractivity contribution is -0.349. The van der Waals surface area contributed by atoms with E-state index in [9.17, 15) is 40.3 Å². The standard InChI is InChI=1S/C11H10F7NO4/c1-2-23-8(22)6(19-5-20)3-4-7(21)9(12,13)10(14,15)11(16,17)18/h3-5,21H,2H2,1H3,(H,19,20)/b6-3-,7-4-. The largest absolute Gasteiger partial charge is 0.506 e. The molecule has 0 spiro atoms. The van der Waals surface area contributed by atoms with Crippen molar-refractivity contribution < 1.29 is 50.2 Å². The molecular weight excluding hydrogens is 343 g/mol. The molecule has 0 aromatic rings. The Morgan fingerprint density at radius 2 is 1.65 bits per heavy atom. The van der Waals surface area contributed by atoms with Gasteiger partial charge in [0.2, 0.25) is 6.41 Å². The van der Waals surface area contributed by atoms with E-state index in [1.54, 1.807) is 5.32 Å². The van der Waals surface area contributed by atoms with Gasteiger partial charge in [-0.2, -0.15) is 30.7 Å². The molecule has 0 bridgehead atoms. The fourth-order valence-electron chi connectivity index (χ4n) is 1.05. The minimum Gasteiger partial charge on any atom is -0.506 e. The fraction of sp³-hybridized carbons (Fsp3) is 0.455. The molecule has 0 rings (SSSR count). The van der Waals surface area contributed by atoms with E-state index < -0.39 is 35.4 Å². The second-order valence-electron chi connectivity index (χ2n) is 3.76. The zero-order valence-electron chi connectivity index (χ0n) is 11.3. The Kier molecular flexibility index (Phi) is 6.61.